The quantitative estimate of drug-likeness (QED) is 0.608. The third-order valence-electron chi connectivity index (χ3n) is 2.45. The first-order valence-corrected chi connectivity index (χ1v) is 4.63. The van der Waals surface area contributed by atoms with Crippen LogP contribution in [0.25, 0.3) is 11.4 Å². The second kappa shape index (κ2) is 3.27. The van der Waals surface area contributed by atoms with E-state index >= 15 is 0 Å². The molecule has 2 aromatic rings. The molecule has 5 heteroatoms. The molecule has 1 aromatic carbocycles. The van der Waals surface area contributed by atoms with Crippen molar-refractivity contribution in [1.29, 1.82) is 0 Å². The second-order valence-corrected chi connectivity index (χ2v) is 3.55. The SMILES string of the molecule is Cc1cc(N)cc(-c2nc(N)n[nH]2)c1C. The predicted molar refractivity (Wildman–Crippen MR) is 60.1 cm³/mol. The molecule has 0 saturated heterocycles. The second-order valence-electron chi connectivity index (χ2n) is 3.55. The Balaban J connectivity index is 2.62. The van der Waals surface area contributed by atoms with Gasteiger partial charge in [-0.05, 0) is 37.1 Å². The van der Waals surface area contributed by atoms with E-state index < -0.39 is 0 Å². The summed E-state index contributed by atoms with van der Waals surface area (Å²) in [4.78, 5) is 4.08. The fourth-order valence-corrected chi connectivity index (χ4v) is 1.53. The van der Waals surface area contributed by atoms with Crippen molar-refractivity contribution in [2.75, 3.05) is 11.5 Å². The molecule has 5 N–H and O–H groups in total. The number of nitrogens with two attached hydrogens (primary N) is 2. The number of rotatable bonds is 1. The summed E-state index contributed by atoms with van der Waals surface area (Å²) in [6.45, 7) is 4.03. The van der Waals surface area contributed by atoms with Gasteiger partial charge in [0.15, 0.2) is 5.82 Å². The standard InChI is InChI=1S/C10H13N5/c1-5-3-7(11)4-8(6(5)2)9-13-10(12)15-14-9/h3-4H,11H2,1-2H3,(H3,12,13,14,15). The molecule has 0 aliphatic heterocycles. The Hall–Kier alpha value is -2.04. The Morgan fingerprint density at radius 1 is 1.20 bits per heavy atom. The molecule has 0 aliphatic rings. The van der Waals surface area contributed by atoms with Crippen LogP contribution in [0.4, 0.5) is 11.6 Å². The molecular formula is C10H13N5. The lowest BCUT2D eigenvalue weighted by atomic mass is 10.0. The summed E-state index contributed by atoms with van der Waals surface area (Å²) >= 11 is 0. The van der Waals surface area contributed by atoms with Crippen molar-refractivity contribution in [2.24, 2.45) is 0 Å². The summed E-state index contributed by atoms with van der Waals surface area (Å²) in [6.07, 6.45) is 0. The first-order chi connectivity index (χ1) is 7.08. The van der Waals surface area contributed by atoms with Gasteiger partial charge in [-0.3, -0.25) is 5.10 Å². The predicted octanol–water partition coefficient (Wildman–Crippen LogP) is 1.25. The average molecular weight is 203 g/mol. The highest BCUT2D eigenvalue weighted by Gasteiger charge is 2.09. The molecule has 2 rings (SSSR count). The van der Waals surface area contributed by atoms with Gasteiger partial charge in [0.2, 0.25) is 5.95 Å². The molecule has 78 valence electrons. The highest BCUT2D eigenvalue weighted by molar-refractivity contribution is 5.67. The van der Waals surface area contributed by atoms with Crippen LogP contribution in [-0.4, -0.2) is 15.2 Å². The summed E-state index contributed by atoms with van der Waals surface area (Å²) in [6, 6.07) is 3.79. The lowest BCUT2D eigenvalue weighted by Gasteiger charge is -2.07. The lowest BCUT2D eigenvalue weighted by molar-refractivity contribution is 1.10. The number of anilines is 2. The maximum atomic E-state index is 5.78. The first kappa shape index (κ1) is 9.51. The summed E-state index contributed by atoms with van der Waals surface area (Å²) in [5.41, 5.74) is 15.1. The zero-order chi connectivity index (χ0) is 11.0. The number of aryl methyl sites for hydroxylation is 1. The van der Waals surface area contributed by atoms with Gasteiger partial charge < -0.3 is 11.5 Å². The molecule has 0 fully saturated rings. The fourth-order valence-electron chi connectivity index (χ4n) is 1.53. The van der Waals surface area contributed by atoms with Crippen LogP contribution in [0, 0.1) is 13.8 Å². The number of benzene rings is 1. The Kier molecular flexibility index (Phi) is 2.07. The summed E-state index contributed by atoms with van der Waals surface area (Å²) < 4.78 is 0. The van der Waals surface area contributed by atoms with Crippen molar-refractivity contribution in [2.45, 2.75) is 13.8 Å². The van der Waals surface area contributed by atoms with Crippen LogP contribution >= 0.6 is 0 Å². The number of hydrogen-bond donors (Lipinski definition) is 3. The number of hydrogen-bond acceptors (Lipinski definition) is 4. The third kappa shape index (κ3) is 1.63. The van der Waals surface area contributed by atoms with E-state index in [1.165, 1.54) is 0 Å². The number of nitrogens with zero attached hydrogens (tertiary/aromatic N) is 2. The molecule has 0 radical (unpaired) electrons. The molecule has 15 heavy (non-hydrogen) atoms. The van der Waals surface area contributed by atoms with Gasteiger partial charge in [0, 0.05) is 11.3 Å². The van der Waals surface area contributed by atoms with Gasteiger partial charge in [-0.25, -0.2) is 0 Å². The highest BCUT2D eigenvalue weighted by atomic mass is 15.3. The minimum atomic E-state index is 0.240. The van der Waals surface area contributed by atoms with E-state index in [-0.39, 0.29) is 5.95 Å². The smallest absolute Gasteiger partial charge is 0.239 e. The molecule has 0 atom stereocenters. The largest absolute Gasteiger partial charge is 0.399 e. The van der Waals surface area contributed by atoms with Gasteiger partial charge in [-0.1, -0.05) is 0 Å². The number of H-pyrrole nitrogens is 1. The van der Waals surface area contributed by atoms with E-state index in [0.717, 1.165) is 16.7 Å². The Labute approximate surface area is 87.5 Å². The molecular weight excluding hydrogens is 190 g/mol. The van der Waals surface area contributed by atoms with Crippen molar-refractivity contribution < 1.29 is 0 Å². The zero-order valence-corrected chi connectivity index (χ0v) is 8.70. The number of aromatic nitrogens is 3. The maximum Gasteiger partial charge on any atom is 0.239 e. The Morgan fingerprint density at radius 3 is 2.53 bits per heavy atom. The highest BCUT2D eigenvalue weighted by Crippen LogP contribution is 2.25. The number of aromatic amines is 1. The van der Waals surface area contributed by atoms with Crippen LogP contribution in [0.2, 0.25) is 0 Å². The van der Waals surface area contributed by atoms with Gasteiger partial charge >= 0.3 is 0 Å². The zero-order valence-electron chi connectivity index (χ0n) is 8.70. The van der Waals surface area contributed by atoms with Crippen molar-refractivity contribution in [3.63, 3.8) is 0 Å². The molecule has 5 nitrogen and oxygen atoms in total. The van der Waals surface area contributed by atoms with Crippen molar-refractivity contribution in [1.82, 2.24) is 15.2 Å². The van der Waals surface area contributed by atoms with Gasteiger partial charge in [-0.15, -0.1) is 5.10 Å². The van der Waals surface area contributed by atoms with Crippen molar-refractivity contribution in [3.8, 4) is 11.4 Å². The van der Waals surface area contributed by atoms with Gasteiger partial charge in [0.25, 0.3) is 0 Å². The molecule has 0 spiro atoms. The molecule has 0 amide bonds. The fraction of sp³-hybridized carbons (Fsp3) is 0.200. The van der Waals surface area contributed by atoms with E-state index in [4.69, 9.17) is 11.5 Å². The molecule has 1 aromatic heterocycles. The Bertz CT molecular complexity index is 501. The van der Waals surface area contributed by atoms with Crippen LogP contribution in [0.1, 0.15) is 11.1 Å². The lowest BCUT2D eigenvalue weighted by Crippen LogP contribution is -1.94. The molecule has 0 saturated carbocycles. The summed E-state index contributed by atoms with van der Waals surface area (Å²) in [5, 5.41) is 6.57. The van der Waals surface area contributed by atoms with Crippen molar-refractivity contribution in [3.05, 3.63) is 23.3 Å². The number of nitrogen functional groups attached to an aromatic ring is 2. The number of nitrogens with one attached hydrogen (secondary N) is 1. The van der Waals surface area contributed by atoms with Crippen LogP contribution in [0.3, 0.4) is 0 Å². The molecule has 0 unspecified atom stereocenters. The topological polar surface area (TPSA) is 93.6 Å². The molecule has 1 heterocycles. The summed E-state index contributed by atoms with van der Waals surface area (Å²) in [5.74, 6) is 0.893. The molecule has 0 aliphatic carbocycles. The van der Waals surface area contributed by atoms with E-state index in [1.807, 2.05) is 26.0 Å². The minimum absolute atomic E-state index is 0.240. The van der Waals surface area contributed by atoms with E-state index in [9.17, 15) is 0 Å². The molecule has 0 bridgehead atoms. The van der Waals surface area contributed by atoms with Gasteiger partial charge in [0.05, 0.1) is 0 Å². The van der Waals surface area contributed by atoms with Gasteiger partial charge in [-0.2, -0.15) is 4.98 Å². The normalized spacial score (nSPS) is 10.5. The van der Waals surface area contributed by atoms with Crippen LogP contribution < -0.4 is 11.5 Å². The monoisotopic (exact) mass is 203 g/mol. The maximum absolute atomic E-state index is 5.78. The van der Waals surface area contributed by atoms with E-state index in [1.54, 1.807) is 0 Å². The third-order valence-corrected chi connectivity index (χ3v) is 2.45. The average Bonchev–Trinajstić information content (AvgIpc) is 2.58. The van der Waals surface area contributed by atoms with Crippen molar-refractivity contribution >= 4 is 11.6 Å². The first-order valence-electron chi connectivity index (χ1n) is 4.63. The van der Waals surface area contributed by atoms with E-state index in [2.05, 4.69) is 15.2 Å². The summed E-state index contributed by atoms with van der Waals surface area (Å²) in [7, 11) is 0. The Morgan fingerprint density at radius 2 is 1.93 bits per heavy atom. The van der Waals surface area contributed by atoms with Crippen LogP contribution in [0.5, 0.6) is 0 Å². The van der Waals surface area contributed by atoms with Crippen LogP contribution in [0.15, 0.2) is 12.1 Å². The van der Waals surface area contributed by atoms with Gasteiger partial charge in [0.1, 0.15) is 0 Å². The van der Waals surface area contributed by atoms with Crippen LogP contribution in [-0.2, 0) is 0 Å². The minimum Gasteiger partial charge on any atom is -0.399 e. The van der Waals surface area contributed by atoms with E-state index in [0.29, 0.717) is 11.5 Å².